The van der Waals surface area contributed by atoms with E-state index in [4.69, 9.17) is 11.6 Å². The Bertz CT molecular complexity index is 688. The van der Waals surface area contributed by atoms with Crippen molar-refractivity contribution in [3.8, 4) is 0 Å². The molecule has 0 amide bonds. The van der Waals surface area contributed by atoms with E-state index in [-0.39, 0.29) is 10.6 Å². The van der Waals surface area contributed by atoms with Gasteiger partial charge in [-0.25, -0.2) is 0 Å². The van der Waals surface area contributed by atoms with Crippen LogP contribution in [0.1, 0.15) is 16.7 Å². The third-order valence-electron chi connectivity index (χ3n) is 3.82. The molecule has 0 saturated heterocycles. The van der Waals surface area contributed by atoms with Gasteiger partial charge in [0.15, 0.2) is 0 Å². The van der Waals surface area contributed by atoms with Crippen molar-refractivity contribution in [3.63, 3.8) is 0 Å². The lowest BCUT2D eigenvalue weighted by Gasteiger charge is -2.11. The summed E-state index contributed by atoms with van der Waals surface area (Å²) in [6.45, 7) is 0.633. The molecule has 108 valence electrons. The molecular weight excluding hydrogens is 288 g/mol. The average molecular weight is 303 g/mol. The van der Waals surface area contributed by atoms with E-state index in [9.17, 15) is 10.1 Å². The fourth-order valence-corrected chi connectivity index (χ4v) is 2.97. The number of halogens is 1. The van der Waals surface area contributed by atoms with Gasteiger partial charge in [-0.05, 0) is 41.7 Å². The minimum atomic E-state index is -0.364. The first-order valence-corrected chi connectivity index (χ1v) is 7.23. The molecular formula is C16H15ClN2O2. The Balaban J connectivity index is 1.62. The van der Waals surface area contributed by atoms with E-state index in [1.165, 1.54) is 17.2 Å². The van der Waals surface area contributed by atoms with Crippen LogP contribution in [0.15, 0.2) is 42.5 Å². The molecule has 5 heteroatoms. The third kappa shape index (κ3) is 3.23. The topological polar surface area (TPSA) is 55.2 Å². The summed E-state index contributed by atoms with van der Waals surface area (Å²) < 4.78 is 0. The third-order valence-corrected chi connectivity index (χ3v) is 4.05. The smallest absolute Gasteiger partial charge is 0.269 e. The second kappa shape index (κ2) is 5.84. The van der Waals surface area contributed by atoms with E-state index < -0.39 is 0 Å². The van der Waals surface area contributed by atoms with E-state index in [2.05, 4.69) is 11.4 Å². The Morgan fingerprint density at radius 1 is 1.19 bits per heavy atom. The van der Waals surface area contributed by atoms with Gasteiger partial charge < -0.3 is 5.32 Å². The highest BCUT2D eigenvalue weighted by molar-refractivity contribution is 6.30. The fourth-order valence-electron chi connectivity index (χ4n) is 2.77. The zero-order chi connectivity index (χ0) is 14.8. The van der Waals surface area contributed by atoms with Crippen LogP contribution in [0.4, 0.5) is 5.69 Å². The fraction of sp³-hybridized carbons (Fsp3) is 0.250. The molecule has 2 aromatic carbocycles. The highest BCUT2D eigenvalue weighted by Gasteiger charge is 2.21. The minimum Gasteiger partial charge on any atom is -0.309 e. The van der Waals surface area contributed by atoms with Crippen LogP contribution < -0.4 is 5.32 Å². The van der Waals surface area contributed by atoms with Crippen molar-refractivity contribution >= 4 is 17.3 Å². The summed E-state index contributed by atoms with van der Waals surface area (Å²) in [6.07, 6.45) is 1.92. The summed E-state index contributed by atoms with van der Waals surface area (Å²) in [4.78, 5) is 10.4. The molecule has 0 spiro atoms. The Labute approximate surface area is 127 Å². The van der Waals surface area contributed by atoms with Gasteiger partial charge >= 0.3 is 0 Å². The molecule has 1 atom stereocenters. The minimum absolute atomic E-state index is 0.135. The monoisotopic (exact) mass is 302 g/mol. The second-order valence-corrected chi connectivity index (χ2v) is 5.76. The molecule has 0 fully saturated rings. The van der Waals surface area contributed by atoms with E-state index in [1.807, 2.05) is 18.2 Å². The molecule has 1 aliphatic rings. The van der Waals surface area contributed by atoms with Gasteiger partial charge in [0, 0.05) is 29.7 Å². The largest absolute Gasteiger partial charge is 0.309 e. The second-order valence-electron chi connectivity index (χ2n) is 5.33. The highest BCUT2D eigenvalue weighted by atomic mass is 35.5. The summed E-state index contributed by atoms with van der Waals surface area (Å²) in [5.74, 6) is 0. The van der Waals surface area contributed by atoms with Gasteiger partial charge in [-0.1, -0.05) is 29.8 Å². The molecule has 0 bridgehead atoms. The van der Waals surface area contributed by atoms with Crippen molar-refractivity contribution in [2.75, 3.05) is 0 Å². The molecule has 21 heavy (non-hydrogen) atoms. The molecule has 0 aliphatic heterocycles. The zero-order valence-electron chi connectivity index (χ0n) is 11.4. The lowest BCUT2D eigenvalue weighted by atomic mass is 10.1. The van der Waals surface area contributed by atoms with Gasteiger partial charge in [0.25, 0.3) is 5.69 Å². The number of nitro groups is 1. The van der Waals surface area contributed by atoms with Gasteiger partial charge in [0.1, 0.15) is 0 Å². The number of benzene rings is 2. The summed E-state index contributed by atoms with van der Waals surface area (Å²) in [6, 6.07) is 13.1. The molecule has 4 nitrogen and oxygen atoms in total. The predicted octanol–water partition coefficient (Wildman–Crippen LogP) is 3.51. The molecule has 0 heterocycles. The van der Waals surface area contributed by atoms with Gasteiger partial charge in [-0.2, -0.15) is 0 Å². The molecule has 1 unspecified atom stereocenters. The molecule has 2 aromatic rings. The Hall–Kier alpha value is -1.91. The average Bonchev–Trinajstić information content (AvgIpc) is 2.87. The number of rotatable bonds is 4. The number of non-ortho nitro benzene ring substituents is 1. The van der Waals surface area contributed by atoms with Crippen LogP contribution in [0, 0.1) is 10.1 Å². The van der Waals surface area contributed by atoms with Gasteiger partial charge in [0.2, 0.25) is 0 Å². The Morgan fingerprint density at radius 3 is 2.81 bits per heavy atom. The Morgan fingerprint density at radius 2 is 2.00 bits per heavy atom. The maximum Gasteiger partial charge on any atom is 0.269 e. The van der Waals surface area contributed by atoms with E-state index in [0.717, 1.165) is 23.4 Å². The molecule has 1 N–H and O–H groups in total. The van der Waals surface area contributed by atoms with E-state index in [0.29, 0.717) is 12.6 Å². The highest BCUT2D eigenvalue weighted by Crippen LogP contribution is 2.25. The first-order valence-electron chi connectivity index (χ1n) is 6.86. The summed E-state index contributed by atoms with van der Waals surface area (Å²) >= 11 is 6.01. The normalized spacial score (nSPS) is 16.7. The molecule has 0 saturated carbocycles. The quantitative estimate of drug-likeness (QED) is 0.694. The van der Waals surface area contributed by atoms with Crippen LogP contribution in [0.2, 0.25) is 5.02 Å². The summed E-state index contributed by atoms with van der Waals surface area (Å²) in [5.41, 5.74) is 3.68. The van der Waals surface area contributed by atoms with Gasteiger partial charge in [0.05, 0.1) is 4.92 Å². The van der Waals surface area contributed by atoms with Crippen LogP contribution in [-0.2, 0) is 19.4 Å². The van der Waals surface area contributed by atoms with E-state index >= 15 is 0 Å². The number of nitrogens with one attached hydrogen (secondary N) is 1. The van der Waals surface area contributed by atoms with Crippen molar-refractivity contribution in [2.45, 2.75) is 25.4 Å². The predicted molar refractivity (Wildman–Crippen MR) is 82.6 cm³/mol. The van der Waals surface area contributed by atoms with E-state index in [1.54, 1.807) is 12.1 Å². The maximum absolute atomic E-state index is 10.8. The Kier molecular flexibility index (Phi) is 3.90. The lowest BCUT2D eigenvalue weighted by molar-refractivity contribution is -0.384. The van der Waals surface area contributed by atoms with Crippen molar-refractivity contribution in [2.24, 2.45) is 0 Å². The van der Waals surface area contributed by atoms with Crippen LogP contribution in [0.5, 0.6) is 0 Å². The number of hydrogen-bond donors (Lipinski definition) is 1. The van der Waals surface area contributed by atoms with Crippen LogP contribution in [0.25, 0.3) is 0 Å². The van der Waals surface area contributed by atoms with Crippen molar-refractivity contribution in [3.05, 3.63) is 74.3 Å². The van der Waals surface area contributed by atoms with Gasteiger partial charge in [-0.3, -0.25) is 10.1 Å². The lowest BCUT2D eigenvalue weighted by Crippen LogP contribution is -2.28. The molecule has 1 aliphatic carbocycles. The standard InChI is InChI=1S/C16H15ClN2O2/c17-14-5-4-12-8-15(9-13(12)7-14)18-10-11-2-1-3-16(6-11)19(20)21/h1-7,15,18H,8-10H2. The number of nitrogens with zero attached hydrogens (tertiary/aromatic N) is 1. The number of fused-ring (bicyclic) bond motifs is 1. The van der Waals surface area contributed by atoms with Gasteiger partial charge in [-0.15, -0.1) is 0 Å². The first-order chi connectivity index (χ1) is 10.1. The molecule has 3 rings (SSSR count). The summed E-state index contributed by atoms with van der Waals surface area (Å²) in [7, 11) is 0. The first kappa shape index (κ1) is 14.0. The van der Waals surface area contributed by atoms with Crippen LogP contribution >= 0.6 is 11.6 Å². The van der Waals surface area contributed by atoms with Crippen molar-refractivity contribution in [1.29, 1.82) is 0 Å². The van der Waals surface area contributed by atoms with Crippen LogP contribution in [0.3, 0.4) is 0 Å². The number of nitro benzene ring substituents is 1. The number of hydrogen-bond acceptors (Lipinski definition) is 3. The van der Waals surface area contributed by atoms with Crippen LogP contribution in [-0.4, -0.2) is 11.0 Å². The molecule has 0 radical (unpaired) electrons. The molecule has 0 aromatic heterocycles. The SMILES string of the molecule is O=[N+]([O-])c1cccc(CNC2Cc3ccc(Cl)cc3C2)c1. The van der Waals surface area contributed by atoms with Crippen molar-refractivity contribution in [1.82, 2.24) is 5.32 Å². The van der Waals surface area contributed by atoms with Crippen molar-refractivity contribution < 1.29 is 4.92 Å². The summed E-state index contributed by atoms with van der Waals surface area (Å²) in [5, 5.41) is 15.0. The zero-order valence-corrected chi connectivity index (χ0v) is 12.1. The maximum atomic E-state index is 10.8.